The van der Waals surface area contributed by atoms with E-state index < -0.39 is 11.9 Å². The lowest BCUT2D eigenvalue weighted by Gasteiger charge is -2.25. The molecule has 0 radical (unpaired) electrons. The van der Waals surface area contributed by atoms with Gasteiger partial charge in [-0.25, -0.2) is 9.78 Å². The molecule has 5 rings (SSSR count). The maximum absolute atomic E-state index is 12.5. The van der Waals surface area contributed by atoms with Crippen LogP contribution in [0.2, 0.25) is 5.02 Å². The van der Waals surface area contributed by atoms with Gasteiger partial charge in [-0.2, -0.15) is 5.26 Å². The molecule has 0 spiro atoms. The third-order valence-corrected chi connectivity index (χ3v) is 5.30. The number of anilines is 1. The molecule has 0 amide bonds. The summed E-state index contributed by atoms with van der Waals surface area (Å²) in [6.45, 7) is 0.102. The topological polar surface area (TPSA) is 114 Å². The van der Waals surface area contributed by atoms with Gasteiger partial charge in [-0.1, -0.05) is 23.7 Å². The second-order valence-corrected chi connectivity index (χ2v) is 7.13. The lowest BCUT2D eigenvalue weighted by Crippen LogP contribution is -2.25. The number of nitrogens with two attached hydrogens (primary N) is 1. The Balaban J connectivity index is 1.75. The number of cyclic esters (lactones) is 1. The van der Waals surface area contributed by atoms with Gasteiger partial charge in [-0.15, -0.1) is 0 Å². The maximum Gasteiger partial charge on any atom is 0.337 e. The number of carbonyl (C=O) groups excluding carboxylic acids is 1. The normalized spacial score (nSPS) is 18.5. The molecule has 2 aromatic heterocycles. The second kappa shape index (κ2) is 6.40. The number of dihydropyridines is 1. The number of nitrogens with one attached hydrogen (secondary N) is 1. The fraction of sp³-hybridized carbons (Fsp3) is 0.0952. The number of esters is 1. The molecule has 1 atom stereocenters. The highest BCUT2D eigenvalue weighted by Gasteiger charge is 2.42. The Morgan fingerprint density at radius 2 is 2.07 bits per heavy atom. The van der Waals surface area contributed by atoms with Crippen molar-refractivity contribution in [1.82, 2.24) is 10.3 Å². The van der Waals surface area contributed by atoms with Crippen LogP contribution in [0.15, 0.2) is 63.9 Å². The summed E-state index contributed by atoms with van der Waals surface area (Å²) in [5.74, 6) is -0.457. The summed E-state index contributed by atoms with van der Waals surface area (Å²) in [7, 11) is 0. The zero-order chi connectivity index (χ0) is 20.1. The number of aromatic nitrogens is 1. The van der Waals surface area contributed by atoms with E-state index in [-0.39, 0.29) is 6.61 Å². The average molecular weight is 405 g/mol. The average Bonchev–Trinajstić information content (AvgIpc) is 3.32. The first-order valence-corrected chi connectivity index (χ1v) is 9.16. The SMILES string of the molecule is N#CC1=C(c2ccc(Cl)cc2)NC2=C(C(=O)OC2)[C@H]1c1cc2c(N)nccc2o1. The molecule has 0 saturated carbocycles. The van der Waals surface area contributed by atoms with E-state index >= 15 is 0 Å². The van der Waals surface area contributed by atoms with Crippen LogP contribution in [0.25, 0.3) is 16.7 Å². The minimum absolute atomic E-state index is 0.102. The monoisotopic (exact) mass is 404 g/mol. The Morgan fingerprint density at radius 3 is 2.79 bits per heavy atom. The number of nitrogens with zero attached hydrogens (tertiary/aromatic N) is 2. The van der Waals surface area contributed by atoms with Crippen LogP contribution in [-0.2, 0) is 9.53 Å². The number of pyridine rings is 1. The molecule has 142 valence electrons. The van der Waals surface area contributed by atoms with Crippen LogP contribution in [0.4, 0.5) is 5.82 Å². The Morgan fingerprint density at radius 1 is 1.28 bits per heavy atom. The van der Waals surface area contributed by atoms with Gasteiger partial charge in [0.25, 0.3) is 0 Å². The van der Waals surface area contributed by atoms with Crippen molar-refractivity contribution in [3.8, 4) is 6.07 Å². The number of fused-ring (bicyclic) bond motifs is 1. The molecule has 3 aromatic rings. The maximum atomic E-state index is 12.5. The zero-order valence-electron chi connectivity index (χ0n) is 14.9. The van der Waals surface area contributed by atoms with E-state index in [2.05, 4.69) is 16.4 Å². The van der Waals surface area contributed by atoms with Gasteiger partial charge in [0.1, 0.15) is 23.8 Å². The van der Waals surface area contributed by atoms with Gasteiger partial charge >= 0.3 is 5.97 Å². The predicted octanol–water partition coefficient (Wildman–Crippen LogP) is 3.50. The van der Waals surface area contributed by atoms with Crippen LogP contribution < -0.4 is 11.1 Å². The first-order chi connectivity index (χ1) is 14.1. The van der Waals surface area contributed by atoms with Crippen molar-refractivity contribution in [1.29, 1.82) is 5.26 Å². The molecule has 0 unspecified atom stereocenters. The number of hydrogen-bond donors (Lipinski definition) is 2. The van der Waals surface area contributed by atoms with E-state index in [4.69, 9.17) is 26.5 Å². The van der Waals surface area contributed by atoms with Crippen molar-refractivity contribution in [2.45, 2.75) is 5.92 Å². The minimum atomic E-state index is -0.719. The number of hydrogen-bond acceptors (Lipinski definition) is 7. The fourth-order valence-corrected chi connectivity index (χ4v) is 3.84. The Hall–Kier alpha value is -3.76. The molecule has 0 fully saturated rings. The van der Waals surface area contributed by atoms with Gasteiger partial charge < -0.3 is 20.2 Å². The Kier molecular flexibility index (Phi) is 3.83. The molecule has 1 aromatic carbocycles. The number of allylic oxidation sites excluding steroid dienone is 1. The standard InChI is InChI=1S/C21H13ClN4O3/c22-11-3-1-10(2-4-11)19-13(8-23)17(18-14(26-19)9-28-21(18)27)16-7-12-15(29-16)5-6-25-20(12)24/h1-7,17,26H,9H2,(H2,24,25)/t17-/m1/s1. The second-order valence-electron chi connectivity index (χ2n) is 6.69. The number of ether oxygens (including phenoxy) is 1. The highest BCUT2D eigenvalue weighted by molar-refractivity contribution is 6.30. The van der Waals surface area contributed by atoms with Gasteiger partial charge in [0.05, 0.1) is 39.9 Å². The van der Waals surface area contributed by atoms with Crippen molar-refractivity contribution < 1.29 is 13.9 Å². The molecule has 2 aliphatic heterocycles. The third kappa shape index (κ3) is 2.65. The molecule has 0 saturated heterocycles. The number of halogens is 1. The molecule has 3 N–H and O–H groups in total. The molecule has 4 heterocycles. The van der Waals surface area contributed by atoms with E-state index in [1.807, 2.05) is 12.1 Å². The summed E-state index contributed by atoms with van der Waals surface area (Å²) >= 11 is 6.01. The summed E-state index contributed by atoms with van der Waals surface area (Å²) in [4.78, 5) is 16.5. The van der Waals surface area contributed by atoms with Crippen molar-refractivity contribution in [3.05, 3.63) is 75.8 Å². The summed E-state index contributed by atoms with van der Waals surface area (Å²) < 4.78 is 11.2. The minimum Gasteiger partial charge on any atom is -0.460 e. The molecule has 29 heavy (non-hydrogen) atoms. The molecular formula is C21H13ClN4O3. The highest BCUT2D eigenvalue weighted by Crippen LogP contribution is 2.44. The molecule has 7 nitrogen and oxygen atoms in total. The quantitative estimate of drug-likeness (QED) is 0.628. The highest BCUT2D eigenvalue weighted by atomic mass is 35.5. The predicted molar refractivity (Wildman–Crippen MR) is 106 cm³/mol. The molecule has 0 bridgehead atoms. The number of rotatable bonds is 2. The van der Waals surface area contributed by atoms with Gasteiger partial charge in [0, 0.05) is 11.2 Å². The van der Waals surface area contributed by atoms with Crippen LogP contribution in [0, 0.1) is 11.3 Å². The third-order valence-electron chi connectivity index (χ3n) is 5.05. The number of furan rings is 1. The van der Waals surface area contributed by atoms with E-state index in [1.54, 1.807) is 30.5 Å². The van der Waals surface area contributed by atoms with Crippen LogP contribution in [0.1, 0.15) is 17.2 Å². The van der Waals surface area contributed by atoms with Gasteiger partial charge in [0.15, 0.2) is 0 Å². The van der Waals surface area contributed by atoms with Gasteiger partial charge in [0.2, 0.25) is 0 Å². The summed E-state index contributed by atoms with van der Waals surface area (Å²) in [5.41, 5.74) is 9.15. The van der Waals surface area contributed by atoms with E-state index in [9.17, 15) is 10.1 Å². The van der Waals surface area contributed by atoms with E-state index in [1.165, 1.54) is 0 Å². The number of nitrogen functional groups attached to an aromatic ring is 1. The lowest BCUT2D eigenvalue weighted by molar-refractivity contribution is -0.136. The van der Waals surface area contributed by atoms with Crippen LogP contribution in [0.3, 0.4) is 0 Å². The van der Waals surface area contributed by atoms with Gasteiger partial charge in [-0.05, 0) is 29.8 Å². The van der Waals surface area contributed by atoms with Gasteiger partial charge in [-0.3, -0.25) is 0 Å². The van der Waals surface area contributed by atoms with Crippen LogP contribution in [-0.4, -0.2) is 17.6 Å². The zero-order valence-corrected chi connectivity index (χ0v) is 15.7. The van der Waals surface area contributed by atoms with E-state index in [0.717, 1.165) is 5.56 Å². The number of carbonyl (C=O) groups is 1. The smallest absolute Gasteiger partial charge is 0.337 e. The molecule has 2 aliphatic rings. The fourth-order valence-electron chi connectivity index (χ4n) is 3.71. The summed E-state index contributed by atoms with van der Waals surface area (Å²) in [5, 5.41) is 14.4. The molecule has 8 heteroatoms. The Labute approximate surface area is 170 Å². The molecule has 0 aliphatic carbocycles. The largest absolute Gasteiger partial charge is 0.460 e. The van der Waals surface area contributed by atoms with Crippen molar-refractivity contribution in [2.75, 3.05) is 12.3 Å². The van der Waals surface area contributed by atoms with Crippen LogP contribution in [0.5, 0.6) is 0 Å². The van der Waals surface area contributed by atoms with Crippen LogP contribution >= 0.6 is 11.6 Å². The number of benzene rings is 1. The summed E-state index contributed by atoms with van der Waals surface area (Å²) in [6.07, 6.45) is 1.54. The van der Waals surface area contributed by atoms with Crippen molar-refractivity contribution in [3.63, 3.8) is 0 Å². The first kappa shape index (κ1) is 17.3. The lowest BCUT2D eigenvalue weighted by atomic mass is 9.83. The number of nitriles is 1. The first-order valence-electron chi connectivity index (χ1n) is 8.78. The van der Waals surface area contributed by atoms with E-state index in [0.29, 0.717) is 50.1 Å². The van der Waals surface area contributed by atoms with Crippen molar-refractivity contribution in [2.24, 2.45) is 0 Å². The van der Waals surface area contributed by atoms with Crippen molar-refractivity contribution >= 4 is 40.1 Å². The molecular weight excluding hydrogens is 392 g/mol. The Bertz CT molecular complexity index is 1280. The summed E-state index contributed by atoms with van der Waals surface area (Å²) in [6, 6.07) is 12.8.